The third-order valence-corrected chi connectivity index (χ3v) is 7.99. The Kier molecular flexibility index (Phi) is 10.9. The highest BCUT2D eigenvalue weighted by atomic mass is 14.9. The van der Waals surface area contributed by atoms with E-state index in [-0.39, 0.29) is 0 Å². The molecule has 1 fully saturated rings. The molecule has 0 aliphatic heterocycles. The Morgan fingerprint density at radius 2 is 1.45 bits per heavy atom. The van der Waals surface area contributed by atoms with Crippen LogP contribution in [0.15, 0.2) is 30.6 Å². The minimum Gasteiger partial charge on any atom is -0.236 e. The summed E-state index contributed by atoms with van der Waals surface area (Å²) < 4.78 is 0. The number of unbranched alkanes of at least 4 members (excludes halogenated alkanes) is 6. The predicted molar refractivity (Wildman–Crippen MR) is 143 cm³/mol. The van der Waals surface area contributed by atoms with Crippen LogP contribution in [0.1, 0.15) is 127 Å². The van der Waals surface area contributed by atoms with Crippen molar-refractivity contribution in [3.8, 4) is 11.4 Å². The highest BCUT2D eigenvalue weighted by Gasteiger charge is 2.31. The van der Waals surface area contributed by atoms with E-state index in [1.165, 1.54) is 113 Å². The van der Waals surface area contributed by atoms with Gasteiger partial charge in [0.05, 0.1) is 0 Å². The van der Waals surface area contributed by atoms with E-state index in [2.05, 4.69) is 48.9 Å². The van der Waals surface area contributed by atoms with E-state index in [9.17, 15) is 0 Å². The predicted octanol–water partition coefficient (Wildman–Crippen LogP) is 9.43. The van der Waals surface area contributed by atoms with Crippen molar-refractivity contribution in [1.29, 1.82) is 0 Å². The zero-order valence-electron chi connectivity index (χ0n) is 21.8. The number of hydrogen-bond acceptors (Lipinski definition) is 2. The fourth-order valence-electron chi connectivity index (χ4n) is 5.82. The lowest BCUT2D eigenvalue weighted by Gasteiger charge is -2.38. The monoisotopic (exact) mass is 448 g/mol. The van der Waals surface area contributed by atoms with Gasteiger partial charge in [-0.05, 0) is 73.6 Å². The molecule has 0 atom stereocenters. The summed E-state index contributed by atoms with van der Waals surface area (Å²) in [5.41, 5.74) is 5.90. The van der Waals surface area contributed by atoms with Crippen molar-refractivity contribution < 1.29 is 0 Å². The molecule has 0 amide bonds. The van der Waals surface area contributed by atoms with Crippen molar-refractivity contribution >= 4 is 0 Å². The van der Waals surface area contributed by atoms with Crippen molar-refractivity contribution in [1.82, 2.24) is 9.97 Å². The van der Waals surface area contributed by atoms with E-state index in [1.807, 2.05) is 12.4 Å². The Balaban J connectivity index is 1.55. The number of aromatic nitrogens is 2. The smallest absolute Gasteiger partial charge is 0.159 e. The molecular weight excluding hydrogens is 400 g/mol. The normalized spacial score (nSPS) is 15.6. The second-order valence-corrected chi connectivity index (χ2v) is 10.7. The van der Waals surface area contributed by atoms with Gasteiger partial charge in [-0.25, -0.2) is 9.97 Å². The van der Waals surface area contributed by atoms with Crippen LogP contribution in [0, 0.1) is 12.3 Å². The second-order valence-electron chi connectivity index (χ2n) is 10.7. The first-order valence-electron chi connectivity index (χ1n) is 14.1. The van der Waals surface area contributed by atoms with Crippen LogP contribution in [0.4, 0.5) is 0 Å². The molecular formula is C31H48N2. The maximum Gasteiger partial charge on any atom is 0.159 e. The first kappa shape index (κ1) is 25.9. The van der Waals surface area contributed by atoms with Gasteiger partial charge in [0.15, 0.2) is 5.82 Å². The summed E-state index contributed by atoms with van der Waals surface area (Å²) in [5, 5.41) is 0. The van der Waals surface area contributed by atoms with E-state index >= 15 is 0 Å². The standard InChI is InChI=1S/C31H48N2/c1-4-6-7-8-9-10-12-19-31(20-13-11-14-21-31)22-18-28-16-17-29(23-26(28)3)30-32-24-27(15-5-2)25-33-30/h16-17,23-25H,4-15,18-22H2,1-3H3. The molecule has 1 aromatic carbocycles. The second kappa shape index (κ2) is 13.9. The van der Waals surface area contributed by atoms with Crippen molar-refractivity contribution in [2.75, 3.05) is 0 Å². The van der Waals surface area contributed by atoms with Gasteiger partial charge in [-0.2, -0.15) is 0 Å². The Labute approximate surface area is 204 Å². The Morgan fingerprint density at radius 1 is 0.758 bits per heavy atom. The molecule has 0 unspecified atom stereocenters. The molecule has 1 aliphatic rings. The third kappa shape index (κ3) is 8.23. The van der Waals surface area contributed by atoms with E-state index in [1.54, 1.807) is 0 Å². The number of nitrogens with zero attached hydrogens (tertiary/aromatic N) is 2. The van der Waals surface area contributed by atoms with Crippen LogP contribution in [0.5, 0.6) is 0 Å². The average Bonchev–Trinajstić information content (AvgIpc) is 2.84. The lowest BCUT2D eigenvalue weighted by molar-refractivity contribution is 0.152. The fraction of sp³-hybridized carbons (Fsp3) is 0.677. The molecule has 1 aliphatic carbocycles. The maximum absolute atomic E-state index is 4.62. The molecule has 3 rings (SSSR count). The van der Waals surface area contributed by atoms with E-state index < -0.39 is 0 Å². The van der Waals surface area contributed by atoms with Crippen molar-refractivity contribution in [2.45, 2.75) is 130 Å². The van der Waals surface area contributed by atoms with Gasteiger partial charge in [-0.3, -0.25) is 0 Å². The van der Waals surface area contributed by atoms with Crippen LogP contribution >= 0.6 is 0 Å². The molecule has 0 spiro atoms. The van der Waals surface area contributed by atoms with Crippen LogP contribution in [-0.2, 0) is 12.8 Å². The van der Waals surface area contributed by atoms with Crippen LogP contribution in [0.3, 0.4) is 0 Å². The average molecular weight is 449 g/mol. The minimum absolute atomic E-state index is 0.602. The van der Waals surface area contributed by atoms with Gasteiger partial charge in [-0.15, -0.1) is 0 Å². The van der Waals surface area contributed by atoms with E-state index in [0.717, 1.165) is 24.2 Å². The van der Waals surface area contributed by atoms with Crippen molar-refractivity contribution in [3.63, 3.8) is 0 Å². The summed E-state index contributed by atoms with van der Waals surface area (Å²) in [6.45, 7) is 6.77. The molecule has 1 saturated carbocycles. The fourth-order valence-corrected chi connectivity index (χ4v) is 5.82. The first-order chi connectivity index (χ1) is 16.2. The topological polar surface area (TPSA) is 25.8 Å². The molecule has 1 aromatic heterocycles. The Morgan fingerprint density at radius 3 is 2.12 bits per heavy atom. The summed E-state index contributed by atoms with van der Waals surface area (Å²) in [7, 11) is 0. The molecule has 0 radical (unpaired) electrons. The number of benzene rings is 1. The minimum atomic E-state index is 0.602. The molecule has 33 heavy (non-hydrogen) atoms. The molecule has 0 N–H and O–H groups in total. The third-order valence-electron chi connectivity index (χ3n) is 7.99. The zero-order valence-corrected chi connectivity index (χ0v) is 21.8. The lowest BCUT2D eigenvalue weighted by atomic mass is 9.67. The molecule has 2 nitrogen and oxygen atoms in total. The van der Waals surface area contributed by atoms with Gasteiger partial charge in [0.1, 0.15) is 0 Å². The molecule has 0 saturated heterocycles. The lowest BCUT2D eigenvalue weighted by Crippen LogP contribution is -2.25. The van der Waals surface area contributed by atoms with Gasteiger partial charge in [0.2, 0.25) is 0 Å². The summed E-state index contributed by atoms with van der Waals surface area (Å²) in [6, 6.07) is 6.88. The molecule has 0 bridgehead atoms. The maximum atomic E-state index is 4.62. The summed E-state index contributed by atoms with van der Waals surface area (Å²) in [5.74, 6) is 0.854. The molecule has 2 aromatic rings. The van der Waals surface area contributed by atoms with Crippen LogP contribution < -0.4 is 0 Å². The van der Waals surface area contributed by atoms with Gasteiger partial charge >= 0.3 is 0 Å². The van der Waals surface area contributed by atoms with Gasteiger partial charge in [0, 0.05) is 18.0 Å². The highest BCUT2D eigenvalue weighted by molar-refractivity contribution is 5.57. The van der Waals surface area contributed by atoms with E-state index in [4.69, 9.17) is 0 Å². The quantitative estimate of drug-likeness (QED) is 0.269. The van der Waals surface area contributed by atoms with Crippen LogP contribution in [0.2, 0.25) is 0 Å². The van der Waals surface area contributed by atoms with Crippen molar-refractivity contribution in [3.05, 3.63) is 47.3 Å². The summed E-state index contributed by atoms with van der Waals surface area (Å²) >= 11 is 0. The Bertz CT molecular complexity index is 802. The SMILES string of the molecule is CCCCCCCCCC1(CCc2ccc(-c3ncc(CCC)cn3)cc2C)CCCCC1. The number of aryl methyl sites for hydroxylation is 3. The molecule has 1 heterocycles. The van der Waals surface area contributed by atoms with Gasteiger partial charge in [0.25, 0.3) is 0 Å². The summed E-state index contributed by atoms with van der Waals surface area (Å²) in [4.78, 5) is 9.25. The molecule has 2 heteroatoms. The number of hydrogen-bond donors (Lipinski definition) is 0. The van der Waals surface area contributed by atoms with Gasteiger partial charge < -0.3 is 0 Å². The largest absolute Gasteiger partial charge is 0.236 e. The molecule has 182 valence electrons. The van der Waals surface area contributed by atoms with Crippen molar-refractivity contribution in [2.24, 2.45) is 5.41 Å². The van der Waals surface area contributed by atoms with Crippen LogP contribution in [-0.4, -0.2) is 9.97 Å². The van der Waals surface area contributed by atoms with Crippen LogP contribution in [0.25, 0.3) is 11.4 Å². The summed E-state index contributed by atoms with van der Waals surface area (Å²) in [6.07, 6.45) is 27.4. The Hall–Kier alpha value is -1.70. The number of rotatable bonds is 14. The first-order valence-corrected chi connectivity index (χ1v) is 14.1. The highest BCUT2D eigenvalue weighted by Crippen LogP contribution is 2.44. The van der Waals surface area contributed by atoms with Gasteiger partial charge in [-0.1, -0.05) is 96.6 Å². The zero-order chi connectivity index (χ0) is 23.4. The van der Waals surface area contributed by atoms with E-state index in [0.29, 0.717) is 5.41 Å².